The van der Waals surface area contributed by atoms with Crippen LogP contribution < -0.4 is 11.5 Å². The molecule has 0 aromatic heterocycles. The lowest BCUT2D eigenvalue weighted by Gasteiger charge is -2.34. The van der Waals surface area contributed by atoms with Crippen LogP contribution in [0.4, 0.5) is 0 Å². The Labute approximate surface area is 111 Å². The van der Waals surface area contributed by atoms with E-state index in [9.17, 15) is 4.79 Å². The molecule has 0 aromatic carbocycles. The molecule has 1 aliphatic carbocycles. The van der Waals surface area contributed by atoms with Crippen molar-refractivity contribution < 1.29 is 4.79 Å². The summed E-state index contributed by atoms with van der Waals surface area (Å²) in [7, 11) is 2.18. The van der Waals surface area contributed by atoms with Crippen LogP contribution in [0.1, 0.15) is 52.4 Å². The summed E-state index contributed by atoms with van der Waals surface area (Å²) in [6.07, 6.45) is 6.87. The van der Waals surface area contributed by atoms with Gasteiger partial charge in [0, 0.05) is 6.04 Å². The van der Waals surface area contributed by atoms with Crippen LogP contribution in [0.3, 0.4) is 0 Å². The van der Waals surface area contributed by atoms with Crippen molar-refractivity contribution in [1.29, 1.82) is 0 Å². The van der Waals surface area contributed by atoms with E-state index < -0.39 is 11.4 Å². The molecule has 1 aliphatic rings. The second kappa shape index (κ2) is 6.53. The largest absolute Gasteiger partial charge is 0.368 e. The van der Waals surface area contributed by atoms with E-state index >= 15 is 0 Å². The van der Waals surface area contributed by atoms with Crippen molar-refractivity contribution >= 4 is 5.91 Å². The lowest BCUT2D eigenvalue weighted by atomic mass is 9.86. The van der Waals surface area contributed by atoms with Gasteiger partial charge in [-0.1, -0.05) is 6.92 Å². The molecule has 1 saturated carbocycles. The zero-order chi connectivity index (χ0) is 13.8. The molecule has 1 fully saturated rings. The Morgan fingerprint density at radius 2 is 1.89 bits per heavy atom. The molecule has 1 unspecified atom stereocenters. The van der Waals surface area contributed by atoms with Gasteiger partial charge in [0.05, 0.1) is 5.54 Å². The molecule has 4 N–H and O–H groups in total. The number of nitrogens with zero attached hydrogens (tertiary/aromatic N) is 1. The summed E-state index contributed by atoms with van der Waals surface area (Å²) in [6, 6.07) is 0.707. The van der Waals surface area contributed by atoms with Gasteiger partial charge in [0.2, 0.25) is 5.91 Å². The summed E-state index contributed by atoms with van der Waals surface area (Å²) in [6.45, 7) is 5.06. The van der Waals surface area contributed by atoms with Crippen molar-refractivity contribution in [3.8, 4) is 0 Å². The van der Waals surface area contributed by atoms with E-state index in [1.807, 2.05) is 0 Å². The number of hydrogen-bond acceptors (Lipinski definition) is 3. The first-order valence-electron chi connectivity index (χ1n) is 7.12. The minimum atomic E-state index is -0.859. The molecule has 0 aliphatic heterocycles. The van der Waals surface area contributed by atoms with Crippen molar-refractivity contribution in [2.24, 2.45) is 17.4 Å². The Kier molecular flexibility index (Phi) is 5.60. The van der Waals surface area contributed by atoms with Crippen LogP contribution in [0.5, 0.6) is 0 Å². The van der Waals surface area contributed by atoms with Crippen molar-refractivity contribution in [2.45, 2.75) is 64.0 Å². The number of carbonyl (C=O) groups is 1. The number of carbonyl (C=O) groups excluding carboxylic acids is 1. The molecule has 1 amide bonds. The van der Waals surface area contributed by atoms with Gasteiger partial charge in [0.1, 0.15) is 0 Å². The van der Waals surface area contributed by atoms with Gasteiger partial charge in [-0.3, -0.25) is 4.79 Å². The maximum Gasteiger partial charge on any atom is 0.237 e. The SMILES string of the molecule is CC1CCC(N(C)CCCC(C)(N)C(N)=O)CC1. The first kappa shape index (κ1) is 15.4. The fourth-order valence-corrected chi connectivity index (χ4v) is 2.68. The van der Waals surface area contributed by atoms with Crippen molar-refractivity contribution in [3.63, 3.8) is 0 Å². The highest BCUT2D eigenvalue weighted by molar-refractivity contribution is 5.83. The zero-order valence-electron chi connectivity index (χ0n) is 12.1. The van der Waals surface area contributed by atoms with Gasteiger partial charge in [-0.15, -0.1) is 0 Å². The van der Waals surface area contributed by atoms with Crippen molar-refractivity contribution in [2.75, 3.05) is 13.6 Å². The van der Waals surface area contributed by atoms with Gasteiger partial charge < -0.3 is 16.4 Å². The molecule has 18 heavy (non-hydrogen) atoms. The Morgan fingerprint density at radius 1 is 1.33 bits per heavy atom. The summed E-state index contributed by atoms with van der Waals surface area (Å²) in [5.41, 5.74) is 10.3. The van der Waals surface area contributed by atoms with Crippen LogP contribution in [0.25, 0.3) is 0 Å². The number of hydrogen-bond donors (Lipinski definition) is 2. The van der Waals surface area contributed by atoms with E-state index in [-0.39, 0.29) is 0 Å². The molecular weight excluding hydrogens is 226 g/mol. The molecule has 106 valence electrons. The van der Waals surface area contributed by atoms with Crippen LogP contribution in [0.2, 0.25) is 0 Å². The molecule has 0 spiro atoms. The molecule has 1 atom stereocenters. The van der Waals surface area contributed by atoms with E-state index in [0.29, 0.717) is 12.5 Å². The monoisotopic (exact) mass is 255 g/mol. The molecular formula is C14H29N3O. The third-order valence-corrected chi connectivity index (χ3v) is 4.38. The minimum Gasteiger partial charge on any atom is -0.368 e. The molecule has 0 radical (unpaired) electrons. The first-order valence-corrected chi connectivity index (χ1v) is 7.12. The van der Waals surface area contributed by atoms with Gasteiger partial charge >= 0.3 is 0 Å². The Hall–Kier alpha value is -0.610. The van der Waals surface area contributed by atoms with Gasteiger partial charge in [0.25, 0.3) is 0 Å². The molecule has 4 nitrogen and oxygen atoms in total. The molecule has 4 heteroatoms. The molecule has 0 heterocycles. The second-order valence-electron chi connectivity index (χ2n) is 6.28. The topological polar surface area (TPSA) is 72.3 Å². The summed E-state index contributed by atoms with van der Waals surface area (Å²) in [5, 5.41) is 0. The third-order valence-electron chi connectivity index (χ3n) is 4.38. The summed E-state index contributed by atoms with van der Waals surface area (Å²) in [4.78, 5) is 13.5. The second-order valence-corrected chi connectivity index (χ2v) is 6.28. The average Bonchev–Trinajstić information content (AvgIpc) is 2.29. The number of rotatable bonds is 6. The van der Waals surface area contributed by atoms with E-state index in [2.05, 4.69) is 18.9 Å². The normalized spacial score (nSPS) is 28.1. The predicted octanol–water partition coefficient (Wildman–Crippen LogP) is 1.48. The molecule has 0 saturated heterocycles. The van der Waals surface area contributed by atoms with E-state index in [4.69, 9.17) is 11.5 Å². The predicted molar refractivity (Wildman–Crippen MR) is 75.1 cm³/mol. The highest BCUT2D eigenvalue weighted by Crippen LogP contribution is 2.26. The minimum absolute atomic E-state index is 0.406. The van der Waals surface area contributed by atoms with E-state index in [0.717, 1.165) is 18.9 Å². The highest BCUT2D eigenvalue weighted by Gasteiger charge is 2.26. The lowest BCUT2D eigenvalue weighted by Crippen LogP contribution is -2.49. The number of amides is 1. The maximum absolute atomic E-state index is 11.1. The molecule has 0 bridgehead atoms. The van der Waals surface area contributed by atoms with Crippen LogP contribution in [0, 0.1) is 5.92 Å². The van der Waals surface area contributed by atoms with E-state index in [1.54, 1.807) is 6.92 Å². The Balaban J connectivity index is 2.25. The van der Waals surface area contributed by atoms with Crippen molar-refractivity contribution in [3.05, 3.63) is 0 Å². The van der Waals surface area contributed by atoms with Crippen LogP contribution in [-0.2, 0) is 4.79 Å². The third kappa shape index (κ3) is 4.58. The van der Waals surface area contributed by atoms with Gasteiger partial charge in [0.15, 0.2) is 0 Å². The first-order chi connectivity index (χ1) is 8.33. The quantitative estimate of drug-likeness (QED) is 0.755. The van der Waals surface area contributed by atoms with Gasteiger partial charge in [-0.25, -0.2) is 0 Å². The number of nitrogens with two attached hydrogens (primary N) is 2. The summed E-state index contributed by atoms with van der Waals surface area (Å²) in [5.74, 6) is 0.480. The number of primary amides is 1. The summed E-state index contributed by atoms with van der Waals surface area (Å²) >= 11 is 0. The lowest BCUT2D eigenvalue weighted by molar-refractivity contribution is -0.122. The van der Waals surface area contributed by atoms with Gasteiger partial charge in [-0.2, -0.15) is 0 Å². The van der Waals surface area contributed by atoms with Crippen LogP contribution in [-0.4, -0.2) is 36.0 Å². The zero-order valence-corrected chi connectivity index (χ0v) is 12.1. The summed E-state index contributed by atoms with van der Waals surface area (Å²) < 4.78 is 0. The fraction of sp³-hybridized carbons (Fsp3) is 0.929. The Bertz CT molecular complexity index is 270. The highest BCUT2D eigenvalue weighted by atomic mass is 16.1. The maximum atomic E-state index is 11.1. The average molecular weight is 255 g/mol. The smallest absolute Gasteiger partial charge is 0.237 e. The molecule has 0 aromatic rings. The van der Waals surface area contributed by atoms with E-state index in [1.165, 1.54) is 25.7 Å². The Morgan fingerprint density at radius 3 is 2.39 bits per heavy atom. The van der Waals surface area contributed by atoms with Gasteiger partial charge in [-0.05, 0) is 65.0 Å². The fourth-order valence-electron chi connectivity index (χ4n) is 2.68. The standard InChI is InChI=1S/C14H29N3O/c1-11-5-7-12(8-6-11)17(3)10-4-9-14(2,16)13(15)18/h11-12H,4-10,16H2,1-3H3,(H2,15,18). The van der Waals surface area contributed by atoms with Crippen LogP contribution in [0.15, 0.2) is 0 Å². The van der Waals surface area contributed by atoms with Crippen LogP contribution >= 0.6 is 0 Å². The van der Waals surface area contributed by atoms with Crippen molar-refractivity contribution in [1.82, 2.24) is 4.90 Å². The molecule has 1 rings (SSSR count).